The Hall–Kier alpha value is -3.07. The van der Waals surface area contributed by atoms with Crippen molar-refractivity contribution in [2.24, 2.45) is 0 Å². The molecule has 162 valence electrons. The lowest BCUT2D eigenvalue weighted by atomic mass is 10.0. The van der Waals surface area contributed by atoms with Crippen molar-refractivity contribution >= 4 is 11.9 Å². The van der Waals surface area contributed by atoms with Crippen molar-refractivity contribution in [3.8, 4) is 11.5 Å². The van der Waals surface area contributed by atoms with Gasteiger partial charge in [-0.3, -0.25) is 4.79 Å². The predicted molar refractivity (Wildman–Crippen MR) is 105 cm³/mol. The average molecular weight is 424 g/mol. The molecule has 0 unspecified atom stereocenters. The van der Waals surface area contributed by atoms with E-state index in [1.165, 1.54) is 0 Å². The number of halogens is 3. The lowest BCUT2D eigenvalue weighted by Crippen LogP contribution is -2.43. The largest absolute Gasteiger partial charge is 0.490 e. The van der Waals surface area contributed by atoms with E-state index in [-0.39, 0.29) is 5.91 Å². The number of aliphatic carboxylic acids is 1. The Morgan fingerprint density at radius 3 is 2.00 bits per heavy atom. The van der Waals surface area contributed by atoms with E-state index < -0.39 is 12.1 Å². The van der Waals surface area contributed by atoms with Crippen LogP contribution in [-0.4, -0.2) is 54.2 Å². The van der Waals surface area contributed by atoms with Gasteiger partial charge < -0.3 is 20.1 Å². The maximum absolute atomic E-state index is 12.6. The number of nitrogens with one attached hydrogen (secondary N) is 1. The highest BCUT2D eigenvalue weighted by atomic mass is 19.4. The first-order valence-electron chi connectivity index (χ1n) is 9.29. The van der Waals surface area contributed by atoms with Crippen LogP contribution in [0.1, 0.15) is 23.2 Å². The summed E-state index contributed by atoms with van der Waals surface area (Å²) in [6.45, 7) is 1.96. The summed E-state index contributed by atoms with van der Waals surface area (Å²) in [7, 11) is 1.90. The predicted octanol–water partition coefficient (Wildman–Crippen LogP) is 3.94. The normalized spacial score (nSPS) is 14.3. The first kappa shape index (κ1) is 23.2. The number of benzene rings is 2. The molecule has 1 heterocycles. The number of carboxylic acids is 1. The topological polar surface area (TPSA) is 78.9 Å². The summed E-state index contributed by atoms with van der Waals surface area (Å²) in [4.78, 5) is 23.3. The zero-order chi connectivity index (χ0) is 22.1. The van der Waals surface area contributed by atoms with E-state index in [4.69, 9.17) is 14.6 Å². The summed E-state index contributed by atoms with van der Waals surface area (Å²) in [6, 6.07) is 17.3. The summed E-state index contributed by atoms with van der Waals surface area (Å²) >= 11 is 0. The third kappa shape index (κ3) is 7.07. The Balaban J connectivity index is 0.000000396. The van der Waals surface area contributed by atoms with Crippen molar-refractivity contribution in [1.29, 1.82) is 0 Å². The fourth-order valence-corrected chi connectivity index (χ4v) is 2.85. The maximum atomic E-state index is 12.6. The molecule has 0 spiro atoms. The van der Waals surface area contributed by atoms with Crippen LogP contribution in [-0.2, 0) is 4.79 Å². The summed E-state index contributed by atoms with van der Waals surface area (Å²) in [5, 5.41) is 10.4. The summed E-state index contributed by atoms with van der Waals surface area (Å²) < 4.78 is 37.5. The van der Waals surface area contributed by atoms with E-state index in [1.807, 2.05) is 66.5 Å². The molecule has 6 nitrogen and oxygen atoms in total. The molecular weight excluding hydrogens is 401 g/mol. The fourth-order valence-electron chi connectivity index (χ4n) is 2.85. The number of carbonyl (C=O) groups is 2. The molecule has 9 heteroatoms. The number of amides is 1. The quantitative estimate of drug-likeness (QED) is 0.778. The second-order valence-electron chi connectivity index (χ2n) is 6.64. The van der Waals surface area contributed by atoms with Crippen LogP contribution in [0.2, 0.25) is 0 Å². The number of hydrogen-bond acceptors (Lipinski definition) is 4. The number of piperidine rings is 1. The van der Waals surface area contributed by atoms with Crippen LogP contribution in [0.25, 0.3) is 0 Å². The Morgan fingerprint density at radius 1 is 1.00 bits per heavy atom. The first-order valence-corrected chi connectivity index (χ1v) is 9.29. The second kappa shape index (κ2) is 10.6. The van der Waals surface area contributed by atoms with Crippen LogP contribution in [0, 0.1) is 0 Å². The molecule has 1 saturated heterocycles. The Bertz CT molecular complexity index is 820. The van der Waals surface area contributed by atoms with Crippen molar-refractivity contribution in [2.45, 2.75) is 25.1 Å². The molecule has 1 amide bonds. The summed E-state index contributed by atoms with van der Waals surface area (Å²) in [5.41, 5.74) is 0.700. The van der Waals surface area contributed by atoms with E-state index in [1.54, 1.807) is 0 Å². The molecule has 2 aromatic rings. The zero-order valence-electron chi connectivity index (χ0n) is 16.4. The van der Waals surface area contributed by atoms with Gasteiger partial charge in [-0.15, -0.1) is 0 Å². The minimum Gasteiger partial charge on any atom is -0.475 e. The van der Waals surface area contributed by atoms with Gasteiger partial charge in [0, 0.05) is 18.7 Å². The van der Waals surface area contributed by atoms with Gasteiger partial charge >= 0.3 is 12.1 Å². The maximum Gasteiger partial charge on any atom is 0.490 e. The minimum atomic E-state index is -5.08. The molecular formula is C21H23F3N2O4. The number of para-hydroxylation sites is 1. The Labute approximate surface area is 172 Å². The van der Waals surface area contributed by atoms with Gasteiger partial charge in [0.1, 0.15) is 11.5 Å². The van der Waals surface area contributed by atoms with Gasteiger partial charge in [0.25, 0.3) is 5.91 Å². The Kier molecular flexibility index (Phi) is 8.23. The van der Waals surface area contributed by atoms with Crippen molar-refractivity contribution in [1.82, 2.24) is 10.2 Å². The van der Waals surface area contributed by atoms with Crippen LogP contribution >= 0.6 is 0 Å². The van der Waals surface area contributed by atoms with Gasteiger partial charge in [-0.05, 0) is 62.3 Å². The number of nitrogens with zero attached hydrogens (tertiary/aromatic N) is 1. The molecule has 1 fully saturated rings. The highest BCUT2D eigenvalue weighted by Crippen LogP contribution is 2.22. The zero-order valence-corrected chi connectivity index (χ0v) is 16.4. The molecule has 1 aliphatic rings. The summed E-state index contributed by atoms with van der Waals surface area (Å²) in [5.74, 6) is -1.16. The molecule has 2 aromatic carbocycles. The monoisotopic (exact) mass is 424 g/mol. The third-order valence-corrected chi connectivity index (χ3v) is 4.50. The summed E-state index contributed by atoms with van der Waals surface area (Å²) in [6.07, 6.45) is -3.06. The molecule has 3 rings (SSSR count). The third-order valence-electron chi connectivity index (χ3n) is 4.50. The van der Waals surface area contributed by atoms with Gasteiger partial charge in [0.05, 0.1) is 0 Å². The van der Waals surface area contributed by atoms with E-state index >= 15 is 0 Å². The van der Waals surface area contributed by atoms with Crippen molar-refractivity contribution in [3.63, 3.8) is 0 Å². The molecule has 0 atom stereocenters. The molecule has 0 aliphatic carbocycles. The SMILES string of the molecule is CN(C(=O)c1ccc(Oc2ccccc2)cc1)C1CCNCC1.O=C(O)C(F)(F)F. The van der Waals surface area contributed by atoms with Crippen LogP contribution < -0.4 is 10.1 Å². The average Bonchev–Trinajstić information content (AvgIpc) is 2.74. The molecule has 30 heavy (non-hydrogen) atoms. The van der Waals surface area contributed by atoms with Crippen LogP contribution in [0.4, 0.5) is 13.2 Å². The minimum absolute atomic E-state index is 0.0724. The van der Waals surface area contributed by atoms with Gasteiger partial charge in [0.2, 0.25) is 0 Å². The van der Waals surface area contributed by atoms with Crippen LogP contribution in [0.15, 0.2) is 54.6 Å². The number of hydrogen-bond donors (Lipinski definition) is 2. The number of carbonyl (C=O) groups excluding carboxylic acids is 1. The van der Waals surface area contributed by atoms with Gasteiger partial charge in [-0.1, -0.05) is 18.2 Å². The number of alkyl halides is 3. The molecule has 0 radical (unpaired) electrons. The second-order valence-corrected chi connectivity index (χ2v) is 6.64. The van der Waals surface area contributed by atoms with E-state index in [0.717, 1.165) is 37.4 Å². The molecule has 0 aromatic heterocycles. The molecule has 0 bridgehead atoms. The number of carboxylic acid groups (broad SMARTS) is 1. The highest BCUT2D eigenvalue weighted by molar-refractivity contribution is 5.94. The molecule has 2 N–H and O–H groups in total. The van der Waals surface area contributed by atoms with Gasteiger partial charge in [-0.25, -0.2) is 4.79 Å². The molecule has 0 saturated carbocycles. The Morgan fingerprint density at radius 2 is 1.50 bits per heavy atom. The number of rotatable bonds is 4. The van der Waals surface area contributed by atoms with E-state index in [0.29, 0.717) is 11.6 Å². The first-order chi connectivity index (χ1) is 14.2. The van der Waals surface area contributed by atoms with Crippen LogP contribution in [0.5, 0.6) is 11.5 Å². The smallest absolute Gasteiger partial charge is 0.475 e. The van der Waals surface area contributed by atoms with Gasteiger partial charge in [-0.2, -0.15) is 13.2 Å². The standard InChI is InChI=1S/C19H22N2O2.C2HF3O2/c1-21(16-11-13-20-14-12-16)19(22)15-7-9-18(10-8-15)23-17-5-3-2-4-6-17;3-2(4,5)1(6)7/h2-10,16,20H,11-14H2,1H3;(H,6,7). The van der Waals surface area contributed by atoms with E-state index in [2.05, 4.69) is 5.32 Å². The fraction of sp³-hybridized carbons (Fsp3) is 0.333. The lowest BCUT2D eigenvalue weighted by Gasteiger charge is -2.31. The highest BCUT2D eigenvalue weighted by Gasteiger charge is 2.38. The molecule has 1 aliphatic heterocycles. The number of ether oxygens (including phenoxy) is 1. The van der Waals surface area contributed by atoms with Crippen molar-refractivity contribution in [2.75, 3.05) is 20.1 Å². The van der Waals surface area contributed by atoms with E-state index in [9.17, 15) is 18.0 Å². The van der Waals surface area contributed by atoms with Crippen molar-refractivity contribution in [3.05, 3.63) is 60.2 Å². The van der Waals surface area contributed by atoms with Crippen LogP contribution in [0.3, 0.4) is 0 Å². The lowest BCUT2D eigenvalue weighted by molar-refractivity contribution is -0.192. The van der Waals surface area contributed by atoms with Crippen molar-refractivity contribution < 1.29 is 32.6 Å². The van der Waals surface area contributed by atoms with Gasteiger partial charge in [0.15, 0.2) is 0 Å².